The van der Waals surface area contributed by atoms with Crippen LogP contribution >= 0.6 is 0 Å². The summed E-state index contributed by atoms with van der Waals surface area (Å²) >= 11 is 0. The molecule has 3 rings (SSSR count). The highest BCUT2D eigenvalue weighted by atomic mass is 16.2. The van der Waals surface area contributed by atoms with Crippen LogP contribution in [0.15, 0.2) is 6.20 Å². The summed E-state index contributed by atoms with van der Waals surface area (Å²) in [7, 11) is 3.96. The van der Waals surface area contributed by atoms with Gasteiger partial charge < -0.3 is 10.6 Å². The van der Waals surface area contributed by atoms with Crippen molar-refractivity contribution in [2.24, 2.45) is 7.05 Å². The molecule has 2 atom stereocenters. The highest BCUT2D eigenvalue weighted by Crippen LogP contribution is 2.29. The van der Waals surface area contributed by atoms with Gasteiger partial charge in [-0.2, -0.15) is 5.10 Å². The first-order valence-corrected chi connectivity index (χ1v) is 6.86. The Balaban J connectivity index is 1.79. The molecule has 2 aliphatic heterocycles. The van der Waals surface area contributed by atoms with E-state index < -0.39 is 0 Å². The number of aryl methyl sites for hydroxylation is 1. The smallest absolute Gasteiger partial charge is 0.276 e. The minimum atomic E-state index is -0.0287. The molecule has 3 heterocycles. The molecular formula is C13H21N5O. The van der Waals surface area contributed by atoms with Crippen molar-refractivity contribution in [2.75, 3.05) is 25.9 Å². The van der Waals surface area contributed by atoms with Crippen LogP contribution in [-0.2, 0) is 7.05 Å². The number of carbonyl (C=O) groups is 1. The Morgan fingerprint density at radius 3 is 2.74 bits per heavy atom. The number of rotatable bonds is 1. The molecule has 1 aromatic heterocycles. The van der Waals surface area contributed by atoms with Crippen molar-refractivity contribution in [3.63, 3.8) is 0 Å². The van der Waals surface area contributed by atoms with E-state index in [1.54, 1.807) is 17.9 Å². The number of likely N-dealkylation sites (tertiary alicyclic amines) is 1. The van der Waals surface area contributed by atoms with E-state index in [2.05, 4.69) is 17.0 Å². The average Bonchev–Trinajstić information content (AvgIpc) is 2.79. The van der Waals surface area contributed by atoms with Crippen LogP contribution in [0.1, 0.15) is 29.8 Å². The molecule has 0 spiro atoms. The molecule has 1 amide bonds. The van der Waals surface area contributed by atoms with Crippen molar-refractivity contribution in [3.05, 3.63) is 11.9 Å². The van der Waals surface area contributed by atoms with E-state index >= 15 is 0 Å². The van der Waals surface area contributed by atoms with Crippen molar-refractivity contribution in [1.82, 2.24) is 19.6 Å². The Kier molecular flexibility index (Phi) is 2.97. The van der Waals surface area contributed by atoms with Gasteiger partial charge in [0.15, 0.2) is 5.69 Å². The van der Waals surface area contributed by atoms with Gasteiger partial charge in [-0.15, -0.1) is 0 Å². The van der Waals surface area contributed by atoms with Crippen LogP contribution in [-0.4, -0.2) is 57.7 Å². The van der Waals surface area contributed by atoms with Crippen LogP contribution in [0, 0.1) is 0 Å². The summed E-state index contributed by atoms with van der Waals surface area (Å²) in [6.07, 6.45) is 5.17. The summed E-state index contributed by atoms with van der Waals surface area (Å²) in [4.78, 5) is 16.9. The van der Waals surface area contributed by atoms with Gasteiger partial charge >= 0.3 is 0 Å². The Morgan fingerprint density at radius 2 is 2.05 bits per heavy atom. The Labute approximate surface area is 113 Å². The summed E-state index contributed by atoms with van der Waals surface area (Å²) in [5.74, 6) is -0.0287. The van der Waals surface area contributed by atoms with E-state index in [4.69, 9.17) is 5.73 Å². The molecule has 0 radical (unpaired) electrons. The molecule has 2 unspecified atom stereocenters. The van der Waals surface area contributed by atoms with Gasteiger partial charge in [-0.25, -0.2) is 0 Å². The number of nitrogens with zero attached hydrogens (tertiary/aromatic N) is 4. The monoisotopic (exact) mass is 263 g/mol. The quantitative estimate of drug-likeness (QED) is 0.792. The Hall–Kier alpha value is -1.56. The van der Waals surface area contributed by atoms with E-state index in [0.29, 0.717) is 23.5 Å². The van der Waals surface area contributed by atoms with Gasteiger partial charge in [-0.05, 0) is 26.3 Å². The van der Waals surface area contributed by atoms with Crippen LogP contribution in [0.4, 0.5) is 5.69 Å². The highest BCUT2D eigenvalue weighted by Gasteiger charge is 2.36. The first-order chi connectivity index (χ1) is 9.06. The van der Waals surface area contributed by atoms with E-state index in [1.807, 2.05) is 4.90 Å². The third-order valence-electron chi connectivity index (χ3n) is 4.50. The first-order valence-electron chi connectivity index (χ1n) is 6.86. The SMILES string of the molecule is CN1C2CCC1CN(C(=O)c1nn(C)cc1N)CC2. The maximum atomic E-state index is 12.5. The second-order valence-electron chi connectivity index (χ2n) is 5.70. The summed E-state index contributed by atoms with van der Waals surface area (Å²) in [6.45, 7) is 1.60. The van der Waals surface area contributed by atoms with Gasteiger partial charge in [0.25, 0.3) is 5.91 Å². The predicted octanol–water partition coefficient (Wildman–Crippen LogP) is 0.311. The van der Waals surface area contributed by atoms with Crippen LogP contribution in [0.3, 0.4) is 0 Å². The summed E-state index contributed by atoms with van der Waals surface area (Å²) in [5, 5.41) is 4.18. The molecule has 0 saturated carbocycles. The number of likely N-dealkylation sites (N-methyl/N-ethyl adjacent to an activating group) is 1. The average molecular weight is 263 g/mol. The number of aromatic nitrogens is 2. The van der Waals surface area contributed by atoms with Crippen molar-refractivity contribution in [3.8, 4) is 0 Å². The molecule has 0 aliphatic carbocycles. The largest absolute Gasteiger partial charge is 0.396 e. The van der Waals surface area contributed by atoms with Gasteiger partial charge in [0.05, 0.1) is 5.69 Å². The number of carbonyl (C=O) groups excluding carboxylic acids is 1. The molecule has 6 heteroatoms. The zero-order valence-corrected chi connectivity index (χ0v) is 11.5. The molecule has 2 N–H and O–H groups in total. The molecule has 2 bridgehead atoms. The van der Waals surface area contributed by atoms with Crippen LogP contribution in [0.2, 0.25) is 0 Å². The van der Waals surface area contributed by atoms with Gasteiger partial charge in [0, 0.05) is 38.4 Å². The number of anilines is 1. The lowest BCUT2D eigenvalue weighted by molar-refractivity contribution is 0.0734. The summed E-state index contributed by atoms with van der Waals surface area (Å²) in [5.41, 5.74) is 6.71. The fraction of sp³-hybridized carbons (Fsp3) is 0.692. The lowest BCUT2D eigenvalue weighted by Gasteiger charge is -2.25. The fourth-order valence-electron chi connectivity index (χ4n) is 3.32. The van der Waals surface area contributed by atoms with Gasteiger partial charge in [0.1, 0.15) is 0 Å². The Morgan fingerprint density at radius 1 is 1.32 bits per heavy atom. The molecule has 6 nitrogen and oxygen atoms in total. The first kappa shape index (κ1) is 12.5. The maximum absolute atomic E-state index is 12.5. The number of amides is 1. The third kappa shape index (κ3) is 2.10. The molecular weight excluding hydrogens is 242 g/mol. The summed E-state index contributed by atoms with van der Waals surface area (Å²) in [6, 6.07) is 1.12. The van der Waals surface area contributed by atoms with Crippen LogP contribution < -0.4 is 5.73 Å². The minimum Gasteiger partial charge on any atom is -0.396 e. The molecule has 2 aliphatic rings. The molecule has 0 aromatic carbocycles. The zero-order chi connectivity index (χ0) is 13.6. The van der Waals surface area contributed by atoms with Crippen LogP contribution in [0.25, 0.3) is 0 Å². The second-order valence-corrected chi connectivity index (χ2v) is 5.70. The lowest BCUT2D eigenvalue weighted by Crippen LogP contribution is -2.40. The minimum absolute atomic E-state index is 0.0287. The van der Waals surface area contributed by atoms with Gasteiger partial charge in [-0.1, -0.05) is 0 Å². The van der Waals surface area contributed by atoms with E-state index in [1.165, 1.54) is 12.8 Å². The molecule has 104 valence electrons. The second kappa shape index (κ2) is 4.52. The standard InChI is InChI=1S/C13H21N5O/c1-16-8-11(14)12(15-16)13(19)18-6-5-9-3-4-10(7-18)17(9)2/h8-10H,3-7,14H2,1-2H3. The van der Waals surface area contributed by atoms with E-state index in [9.17, 15) is 4.79 Å². The van der Waals surface area contributed by atoms with Crippen molar-refractivity contribution in [2.45, 2.75) is 31.3 Å². The zero-order valence-electron chi connectivity index (χ0n) is 11.5. The molecule has 2 fully saturated rings. The Bertz CT molecular complexity index is 497. The number of nitrogens with two attached hydrogens (primary N) is 1. The summed E-state index contributed by atoms with van der Waals surface area (Å²) < 4.78 is 1.60. The number of fused-ring (bicyclic) bond motifs is 2. The predicted molar refractivity (Wildman–Crippen MR) is 72.7 cm³/mol. The molecule has 19 heavy (non-hydrogen) atoms. The highest BCUT2D eigenvalue weighted by molar-refractivity contribution is 5.97. The topological polar surface area (TPSA) is 67.4 Å². The number of hydrogen-bond acceptors (Lipinski definition) is 4. The maximum Gasteiger partial charge on any atom is 0.276 e. The number of nitrogen functional groups attached to an aromatic ring is 1. The molecule has 1 aromatic rings. The lowest BCUT2D eigenvalue weighted by atomic mass is 10.1. The van der Waals surface area contributed by atoms with Crippen molar-refractivity contribution < 1.29 is 4.79 Å². The van der Waals surface area contributed by atoms with Crippen LogP contribution in [0.5, 0.6) is 0 Å². The van der Waals surface area contributed by atoms with Crippen molar-refractivity contribution in [1.29, 1.82) is 0 Å². The fourth-order valence-corrected chi connectivity index (χ4v) is 3.32. The van der Waals surface area contributed by atoms with E-state index in [0.717, 1.165) is 19.5 Å². The molecule has 2 saturated heterocycles. The van der Waals surface area contributed by atoms with E-state index in [-0.39, 0.29) is 5.91 Å². The van der Waals surface area contributed by atoms with Gasteiger partial charge in [-0.3, -0.25) is 14.4 Å². The van der Waals surface area contributed by atoms with Crippen molar-refractivity contribution >= 4 is 11.6 Å². The third-order valence-corrected chi connectivity index (χ3v) is 4.50. The number of hydrogen-bond donors (Lipinski definition) is 1. The van der Waals surface area contributed by atoms with Gasteiger partial charge in [0.2, 0.25) is 0 Å². The normalized spacial score (nSPS) is 27.6.